The number of carbonyl (C=O) groups is 1. The van der Waals surface area contributed by atoms with Crippen LogP contribution in [0.3, 0.4) is 0 Å². The van der Waals surface area contributed by atoms with Crippen molar-refractivity contribution in [3.05, 3.63) is 86.8 Å². The van der Waals surface area contributed by atoms with Gasteiger partial charge in [-0.05, 0) is 88.1 Å². The Morgan fingerprint density at radius 3 is 2.59 bits per heavy atom. The zero-order valence-corrected chi connectivity index (χ0v) is 21.7. The van der Waals surface area contributed by atoms with Crippen molar-refractivity contribution in [1.29, 1.82) is 0 Å². The Labute approximate surface area is 213 Å². The van der Waals surface area contributed by atoms with Gasteiger partial charge in [-0.25, -0.2) is 4.98 Å². The molecule has 0 spiro atoms. The number of benzene rings is 4. The number of aryl methyl sites for hydroxylation is 2. The molecule has 0 saturated heterocycles. The van der Waals surface area contributed by atoms with Gasteiger partial charge in [0.05, 0.1) is 4.47 Å². The molecule has 5 rings (SSSR count). The molecule has 0 aliphatic carbocycles. The van der Waals surface area contributed by atoms with Gasteiger partial charge < -0.3 is 14.5 Å². The molecule has 0 bridgehead atoms. The molecular weight excluding hydrogens is 560 g/mol. The molecule has 0 aliphatic rings. The minimum Gasteiger partial charge on any atom is -0.482 e. The third kappa shape index (κ3) is 4.45. The summed E-state index contributed by atoms with van der Waals surface area (Å²) < 4.78 is 13.6. The first-order valence-corrected chi connectivity index (χ1v) is 12.3. The lowest BCUT2D eigenvalue weighted by molar-refractivity contribution is -0.118. The number of nitrogens with zero attached hydrogens (tertiary/aromatic N) is 1. The number of oxazole rings is 1. The maximum absolute atomic E-state index is 12.5. The van der Waals surface area contributed by atoms with Crippen molar-refractivity contribution in [1.82, 2.24) is 4.98 Å². The molecule has 1 heterocycles. The van der Waals surface area contributed by atoms with Crippen LogP contribution in [-0.4, -0.2) is 17.5 Å². The fourth-order valence-electron chi connectivity index (χ4n) is 4.00. The second kappa shape index (κ2) is 9.24. The predicted octanol–water partition coefficient (Wildman–Crippen LogP) is 7.81. The van der Waals surface area contributed by atoms with Crippen molar-refractivity contribution in [2.45, 2.75) is 13.8 Å². The fourth-order valence-corrected chi connectivity index (χ4v) is 5.29. The highest BCUT2D eigenvalue weighted by Gasteiger charge is 2.14. The van der Waals surface area contributed by atoms with E-state index in [0.717, 1.165) is 36.4 Å². The largest absolute Gasteiger partial charge is 0.482 e. The van der Waals surface area contributed by atoms with E-state index in [9.17, 15) is 4.79 Å². The van der Waals surface area contributed by atoms with Crippen LogP contribution < -0.4 is 10.1 Å². The van der Waals surface area contributed by atoms with Gasteiger partial charge in [0, 0.05) is 15.7 Å². The number of fused-ring (bicyclic) bond motifs is 2. The lowest BCUT2D eigenvalue weighted by Gasteiger charge is -2.12. The van der Waals surface area contributed by atoms with Crippen molar-refractivity contribution in [2.75, 3.05) is 11.9 Å². The number of anilines is 1. The number of nitrogens with one attached hydrogen (secondary N) is 1. The number of aromatic nitrogens is 1. The number of carbonyl (C=O) groups excluding carboxylic acids is 1. The Hall–Kier alpha value is -3.16. The van der Waals surface area contributed by atoms with E-state index in [1.54, 1.807) is 12.1 Å². The van der Waals surface area contributed by atoms with E-state index in [2.05, 4.69) is 48.2 Å². The lowest BCUT2D eigenvalue weighted by atomic mass is 10.0. The smallest absolute Gasteiger partial charge is 0.262 e. The molecule has 0 atom stereocenters. The standard InChI is InChI=1S/C27H20Br2N2O3/c1-15-11-16(2)26(22(29)12-15)33-14-25(32)30-17-9-10-24-23(13-17)31-27(34-24)20-7-3-6-19-18(20)5-4-8-21(19)28/h3-13H,14H2,1-2H3,(H,30,32). The highest BCUT2D eigenvalue weighted by atomic mass is 79.9. The molecule has 4 aromatic carbocycles. The monoisotopic (exact) mass is 578 g/mol. The summed E-state index contributed by atoms with van der Waals surface area (Å²) in [5.41, 5.74) is 4.94. The van der Waals surface area contributed by atoms with Gasteiger partial charge in [-0.1, -0.05) is 46.3 Å². The van der Waals surface area contributed by atoms with E-state index in [1.165, 1.54) is 0 Å². The summed E-state index contributed by atoms with van der Waals surface area (Å²) in [6.45, 7) is 3.87. The minimum atomic E-state index is -0.256. The molecular formula is C27H20Br2N2O3. The van der Waals surface area contributed by atoms with Crippen LogP contribution in [0.4, 0.5) is 5.69 Å². The zero-order chi connectivity index (χ0) is 23.8. The lowest BCUT2D eigenvalue weighted by Crippen LogP contribution is -2.20. The van der Waals surface area contributed by atoms with Crippen LogP contribution in [0, 0.1) is 13.8 Å². The molecule has 34 heavy (non-hydrogen) atoms. The molecule has 1 N–H and O–H groups in total. The number of halogens is 2. The molecule has 7 heteroatoms. The van der Waals surface area contributed by atoms with Crippen molar-refractivity contribution >= 4 is 65.3 Å². The summed E-state index contributed by atoms with van der Waals surface area (Å²) in [6.07, 6.45) is 0. The first-order valence-electron chi connectivity index (χ1n) is 10.7. The molecule has 170 valence electrons. The topological polar surface area (TPSA) is 64.4 Å². The number of amides is 1. The molecule has 0 unspecified atom stereocenters. The summed E-state index contributed by atoms with van der Waals surface area (Å²) in [7, 11) is 0. The fraction of sp³-hybridized carbons (Fsp3) is 0.111. The second-order valence-electron chi connectivity index (χ2n) is 8.07. The SMILES string of the molecule is Cc1cc(C)c(OCC(=O)Nc2ccc3oc(-c4cccc5c(Br)cccc45)nc3c2)c(Br)c1. The summed E-state index contributed by atoms with van der Waals surface area (Å²) in [4.78, 5) is 17.2. The minimum absolute atomic E-state index is 0.102. The average molecular weight is 580 g/mol. The van der Waals surface area contributed by atoms with Crippen molar-refractivity contribution < 1.29 is 13.9 Å². The molecule has 1 aromatic heterocycles. The highest BCUT2D eigenvalue weighted by molar-refractivity contribution is 9.11. The van der Waals surface area contributed by atoms with Gasteiger partial charge in [0.25, 0.3) is 5.91 Å². The van der Waals surface area contributed by atoms with Crippen LogP contribution in [0.5, 0.6) is 5.75 Å². The summed E-state index contributed by atoms with van der Waals surface area (Å²) >= 11 is 7.11. The van der Waals surface area contributed by atoms with Gasteiger partial charge in [-0.2, -0.15) is 0 Å². The Kier molecular flexibility index (Phi) is 6.15. The maximum Gasteiger partial charge on any atom is 0.262 e. The van der Waals surface area contributed by atoms with Gasteiger partial charge in [0.15, 0.2) is 12.2 Å². The van der Waals surface area contributed by atoms with E-state index >= 15 is 0 Å². The molecule has 0 radical (unpaired) electrons. The van der Waals surface area contributed by atoms with Crippen LogP contribution in [-0.2, 0) is 4.79 Å². The number of ether oxygens (including phenoxy) is 1. The van der Waals surface area contributed by atoms with Gasteiger partial charge in [0.1, 0.15) is 11.3 Å². The zero-order valence-electron chi connectivity index (χ0n) is 18.5. The molecule has 5 aromatic rings. The van der Waals surface area contributed by atoms with Crippen molar-refractivity contribution in [2.24, 2.45) is 0 Å². The molecule has 0 fully saturated rings. The van der Waals surface area contributed by atoms with Gasteiger partial charge >= 0.3 is 0 Å². The Bertz CT molecular complexity index is 1540. The van der Waals surface area contributed by atoms with E-state index in [0.29, 0.717) is 28.4 Å². The van der Waals surface area contributed by atoms with Gasteiger partial charge in [0.2, 0.25) is 5.89 Å². The number of hydrogen-bond donors (Lipinski definition) is 1. The highest BCUT2D eigenvalue weighted by Crippen LogP contribution is 2.34. The first-order chi connectivity index (χ1) is 16.4. The van der Waals surface area contributed by atoms with E-state index in [-0.39, 0.29) is 12.5 Å². The quantitative estimate of drug-likeness (QED) is 0.231. The summed E-state index contributed by atoms with van der Waals surface area (Å²) in [5.74, 6) is 0.943. The Morgan fingerprint density at radius 1 is 0.971 bits per heavy atom. The van der Waals surface area contributed by atoms with Crippen LogP contribution in [0.1, 0.15) is 11.1 Å². The first kappa shape index (κ1) is 22.6. The van der Waals surface area contributed by atoms with Crippen LogP contribution in [0.15, 0.2) is 80.1 Å². The molecule has 5 nitrogen and oxygen atoms in total. The third-order valence-electron chi connectivity index (χ3n) is 5.49. The van der Waals surface area contributed by atoms with Gasteiger partial charge in [-0.3, -0.25) is 4.79 Å². The normalized spacial score (nSPS) is 11.2. The Balaban J connectivity index is 1.36. The van der Waals surface area contributed by atoms with E-state index in [1.807, 2.05) is 62.4 Å². The predicted molar refractivity (Wildman–Crippen MR) is 142 cm³/mol. The third-order valence-corrected chi connectivity index (χ3v) is 6.77. The van der Waals surface area contributed by atoms with Crippen molar-refractivity contribution in [3.63, 3.8) is 0 Å². The molecule has 1 amide bonds. The molecule has 0 aliphatic heterocycles. The second-order valence-corrected chi connectivity index (χ2v) is 9.78. The number of rotatable bonds is 5. The summed E-state index contributed by atoms with van der Waals surface area (Å²) in [6, 6.07) is 21.5. The van der Waals surface area contributed by atoms with E-state index < -0.39 is 0 Å². The molecule has 0 saturated carbocycles. The van der Waals surface area contributed by atoms with Gasteiger partial charge in [-0.15, -0.1) is 0 Å². The van der Waals surface area contributed by atoms with Crippen LogP contribution in [0.2, 0.25) is 0 Å². The van der Waals surface area contributed by atoms with Crippen LogP contribution in [0.25, 0.3) is 33.3 Å². The van der Waals surface area contributed by atoms with E-state index in [4.69, 9.17) is 9.15 Å². The Morgan fingerprint density at radius 2 is 1.76 bits per heavy atom. The van der Waals surface area contributed by atoms with Crippen LogP contribution >= 0.6 is 31.9 Å². The average Bonchev–Trinajstić information content (AvgIpc) is 3.21. The number of hydrogen-bond acceptors (Lipinski definition) is 4. The maximum atomic E-state index is 12.5. The summed E-state index contributed by atoms with van der Waals surface area (Å²) in [5, 5.41) is 5.01. The van der Waals surface area contributed by atoms with Crippen molar-refractivity contribution in [3.8, 4) is 17.2 Å².